The summed E-state index contributed by atoms with van der Waals surface area (Å²) in [4.78, 5) is 12.7. The van der Waals surface area contributed by atoms with E-state index in [4.69, 9.17) is 15.2 Å². The van der Waals surface area contributed by atoms with Gasteiger partial charge in [0, 0.05) is 11.6 Å². The molecule has 1 aromatic heterocycles. The van der Waals surface area contributed by atoms with Gasteiger partial charge in [-0.2, -0.15) is 9.99 Å². The molecule has 2 aromatic rings. The molecule has 0 bridgehead atoms. The van der Waals surface area contributed by atoms with Crippen molar-refractivity contribution in [3.8, 4) is 17.6 Å². The van der Waals surface area contributed by atoms with Crippen LogP contribution in [0.4, 0.5) is 0 Å². The second-order valence-corrected chi connectivity index (χ2v) is 5.58. The lowest BCUT2D eigenvalue weighted by Crippen LogP contribution is -2.32. The fraction of sp³-hybridized carbons (Fsp3) is 0.222. The van der Waals surface area contributed by atoms with Crippen molar-refractivity contribution in [2.45, 2.75) is 19.8 Å². The fourth-order valence-corrected chi connectivity index (χ4v) is 2.96. The molecule has 1 aliphatic heterocycles. The van der Waals surface area contributed by atoms with Crippen LogP contribution in [-0.2, 0) is 0 Å². The number of aryl methyl sites for hydroxylation is 1. The zero-order valence-electron chi connectivity index (χ0n) is 13.8. The van der Waals surface area contributed by atoms with Gasteiger partial charge in [0.1, 0.15) is 23.1 Å². The Morgan fingerprint density at radius 1 is 1.44 bits per heavy atom. The summed E-state index contributed by atoms with van der Waals surface area (Å²) in [5.41, 5.74) is 6.40. The number of ether oxygens (including phenoxy) is 2. The Morgan fingerprint density at radius 2 is 2.16 bits per heavy atom. The van der Waals surface area contributed by atoms with Crippen molar-refractivity contribution in [2.75, 3.05) is 6.61 Å². The van der Waals surface area contributed by atoms with Crippen LogP contribution in [0, 0.1) is 18.3 Å². The van der Waals surface area contributed by atoms with Gasteiger partial charge in [0.25, 0.3) is 5.56 Å². The zero-order valence-corrected chi connectivity index (χ0v) is 13.8. The van der Waals surface area contributed by atoms with Crippen LogP contribution < -0.4 is 20.8 Å². The molecule has 3 N–H and O–H groups in total. The van der Waals surface area contributed by atoms with Gasteiger partial charge in [0.05, 0.1) is 23.8 Å². The molecule has 1 aromatic carbocycles. The second-order valence-electron chi connectivity index (χ2n) is 5.58. The van der Waals surface area contributed by atoms with Gasteiger partial charge in [-0.05, 0) is 19.9 Å². The maximum atomic E-state index is 12.7. The minimum atomic E-state index is -0.789. The van der Waals surface area contributed by atoms with Gasteiger partial charge in [-0.1, -0.05) is 18.2 Å². The minimum Gasteiger partial charge on any atom is -0.494 e. The largest absolute Gasteiger partial charge is 0.494 e. The molecule has 25 heavy (non-hydrogen) atoms. The molecule has 0 amide bonds. The average molecular weight is 339 g/mol. The number of fused-ring (bicyclic) bond motifs is 1. The first-order valence-corrected chi connectivity index (χ1v) is 7.74. The molecule has 2 heterocycles. The number of hydrogen-bond acceptors (Lipinski definition) is 6. The first kappa shape index (κ1) is 16.5. The van der Waals surface area contributed by atoms with Gasteiger partial charge in [-0.25, -0.2) is 0 Å². The molecule has 0 saturated carbocycles. The third-order valence-electron chi connectivity index (χ3n) is 4.08. The summed E-state index contributed by atoms with van der Waals surface area (Å²) in [6.45, 7) is 3.83. The molecular weight excluding hydrogens is 322 g/mol. The van der Waals surface area contributed by atoms with Crippen molar-refractivity contribution in [1.82, 2.24) is 4.73 Å². The standard InChI is InChI=1S/C18H17N3O4/c1-3-24-13-7-5-4-6-11(13)15-12(9-19)17(20)25-14-8-10(2)21(23)18(22)16(14)15/h4-8,15,23H,3,20H2,1-2H3/t15-/m1/s1. The smallest absolute Gasteiger partial charge is 0.291 e. The molecule has 3 rings (SSSR count). The number of para-hydroxylation sites is 1. The lowest BCUT2D eigenvalue weighted by molar-refractivity contribution is 0.165. The van der Waals surface area contributed by atoms with E-state index in [0.717, 1.165) is 0 Å². The molecule has 0 aliphatic carbocycles. The topological polar surface area (TPSA) is 110 Å². The van der Waals surface area contributed by atoms with Crippen molar-refractivity contribution in [3.63, 3.8) is 0 Å². The van der Waals surface area contributed by atoms with Crippen LogP contribution in [0.3, 0.4) is 0 Å². The van der Waals surface area contributed by atoms with Crippen molar-refractivity contribution in [1.29, 1.82) is 5.26 Å². The summed E-state index contributed by atoms with van der Waals surface area (Å²) >= 11 is 0. The first-order chi connectivity index (χ1) is 12.0. The number of pyridine rings is 1. The highest BCUT2D eigenvalue weighted by Crippen LogP contribution is 2.43. The third kappa shape index (κ3) is 2.58. The van der Waals surface area contributed by atoms with Crippen LogP contribution in [-0.4, -0.2) is 16.5 Å². The average Bonchev–Trinajstić information content (AvgIpc) is 2.59. The monoisotopic (exact) mass is 339 g/mol. The second kappa shape index (κ2) is 6.24. The van der Waals surface area contributed by atoms with E-state index >= 15 is 0 Å². The Labute approximate surface area is 144 Å². The van der Waals surface area contributed by atoms with E-state index in [9.17, 15) is 15.3 Å². The van der Waals surface area contributed by atoms with Gasteiger partial charge >= 0.3 is 0 Å². The van der Waals surface area contributed by atoms with E-state index in [-0.39, 0.29) is 22.8 Å². The van der Waals surface area contributed by atoms with E-state index < -0.39 is 11.5 Å². The van der Waals surface area contributed by atoms with Gasteiger partial charge in [-0.3, -0.25) is 4.79 Å². The van der Waals surface area contributed by atoms with Crippen LogP contribution in [0.15, 0.2) is 46.6 Å². The van der Waals surface area contributed by atoms with E-state index in [1.807, 2.05) is 13.0 Å². The molecule has 7 nitrogen and oxygen atoms in total. The normalized spacial score (nSPS) is 16.0. The number of nitriles is 1. The number of nitrogens with zero attached hydrogens (tertiary/aromatic N) is 2. The Balaban J connectivity index is 2.35. The van der Waals surface area contributed by atoms with E-state index in [1.165, 1.54) is 6.07 Å². The van der Waals surface area contributed by atoms with Crippen molar-refractivity contribution in [3.05, 3.63) is 69.0 Å². The summed E-state index contributed by atoms with van der Waals surface area (Å²) in [6, 6.07) is 10.6. The molecule has 0 unspecified atom stereocenters. The first-order valence-electron chi connectivity index (χ1n) is 7.74. The SMILES string of the molecule is CCOc1ccccc1[C@@H]1C(C#N)=C(N)Oc2cc(C)n(O)c(=O)c21. The molecule has 128 valence electrons. The third-order valence-corrected chi connectivity index (χ3v) is 4.08. The number of allylic oxidation sites excluding steroid dienone is 1. The number of rotatable bonds is 3. The molecule has 1 atom stereocenters. The van der Waals surface area contributed by atoms with Gasteiger partial charge in [0.15, 0.2) is 0 Å². The van der Waals surface area contributed by atoms with Crippen LogP contribution in [0.1, 0.15) is 29.7 Å². The van der Waals surface area contributed by atoms with Crippen molar-refractivity contribution < 1.29 is 14.7 Å². The van der Waals surface area contributed by atoms with E-state index in [0.29, 0.717) is 28.3 Å². The quantitative estimate of drug-likeness (QED) is 0.828. The molecule has 0 saturated heterocycles. The van der Waals surface area contributed by atoms with Gasteiger partial charge in [0.2, 0.25) is 5.88 Å². The highest BCUT2D eigenvalue weighted by molar-refractivity contribution is 5.57. The summed E-state index contributed by atoms with van der Waals surface area (Å²) < 4.78 is 11.7. The molecule has 0 fully saturated rings. The number of aromatic nitrogens is 1. The fourth-order valence-electron chi connectivity index (χ4n) is 2.96. The Kier molecular flexibility index (Phi) is 4.11. The summed E-state index contributed by atoms with van der Waals surface area (Å²) in [5.74, 6) is -0.0998. The highest BCUT2D eigenvalue weighted by atomic mass is 16.5. The van der Waals surface area contributed by atoms with E-state index in [2.05, 4.69) is 0 Å². The lowest BCUT2D eigenvalue weighted by atomic mass is 9.83. The summed E-state index contributed by atoms with van der Waals surface area (Å²) in [7, 11) is 0. The minimum absolute atomic E-state index is 0.0687. The Morgan fingerprint density at radius 3 is 2.84 bits per heavy atom. The molecule has 1 aliphatic rings. The Hall–Kier alpha value is -3.40. The van der Waals surface area contributed by atoms with Crippen LogP contribution in [0.25, 0.3) is 0 Å². The van der Waals surface area contributed by atoms with Gasteiger partial charge < -0.3 is 20.4 Å². The summed E-state index contributed by atoms with van der Waals surface area (Å²) in [5, 5.41) is 19.6. The number of benzene rings is 1. The number of nitrogens with two attached hydrogens (primary N) is 1. The molecule has 0 radical (unpaired) electrons. The highest BCUT2D eigenvalue weighted by Gasteiger charge is 2.36. The van der Waals surface area contributed by atoms with Crippen LogP contribution in [0.2, 0.25) is 0 Å². The zero-order chi connectivity index (χ0) is 18.1. The molecular formula is C18H17N3O4. The van der Waals surface area contributed by atoms with Crippen LogP contribution in [0.5, 0.6) is 11.5 Å². The van der Waals surface area contributed by atoms with E-state index in [1.54, 1.807) is 31.2 Å². The predicted molar refractivity (Wildman–Crippen MR) is 89.5 cm³/mol. The van der Waals surface area contributed by atoms with Crippen molar-refractivity contribution >= 4 is 0 Å². The maximum Gasteiger partial charge on any atom is 0.291 e. The Bertz CT molecular complexity index is 969. The van der Waals surface area contributed by atoms with Crippen LogP contribution >= 0.6 is 0 Å². The lowest BCUT2D eigenvalue weighted by Gasteiger charge is -2.27. The predicted octanol–water partition coefficient (Wildman–Crippen LogP) is 2.01. The molecule has 0 spiro atoms. The number of hydrogen-bond donors (Lipinski definition) is 2. The molecule has 7 heteroatoms. The maximum absolute atomic E-state index is 12.7. The summed E-state index contributed by atoms with van der Waals surface area (Å²) in [6.07, 6.45) is 0. The van der Waals surface area contributed by atoms with Gasteiger partial charge in [-0.15, -0.1) is 0 Å². The van der Waals surface area contributed by atoms with Crippen molar-refractivity contribution in [2.24, 2.45) is 5.73 Å².